The van der Waals surface area contributed by atoms with Crippen molar-refractivity contribution in [3.63, 3.8) is 0 Å². The number of hydrogen-bond acceptors (Lipinski definition) is 4. The molecule has 14 heteroatoms. The van der Waals surface area contributed by atoms with Crippen molar-refractivity contribution in [2.75, 3.05) is 13.1 Å². The molecule has 4 amide bonds. The van der Waals surface area contributed by atoms with Crippen molar-refractivity contribution in [1.29, 1.82) is 0 Å². The molecular weight excluding hydrogens is 811 g/mol. The van der Waals surface area contributed by atoms with E-state index in [1.54, 1.807) is 18.2 Å². The van der Waals surface area contributed by atoms with Crippen molar-refractivity contribution in [1.82, 2.24) is 20.4 Å². The van der Waals surface area contributed by atoms with Crippen LogP contribution in [0.2, 0.25) is 0 Å². The van der Waals surface area contributed by atoms with Crippen LogP contribution in [0.25, 0.3) is 0 Å². The van der Waals surface area contributed by atoms with Gasteiger partial charge in [-0.05, 0) is 100 Å². The summed E-state index contributed by atoms with van der Waals surface area (Å²) in [5.41, 5.74) is 1.30. The maximum absolute atomic E-state index is 13.4. The van der Waals surface area contributed by atoms with E-state index in [2.05, 4.69) is 28.8 Å². The van der Waals surface area contributed by atoms with E-state index in [0.717, 1.165) is 47.9 Å². The largest absolute Gasteiger partial charge is 0.416 e. The fourth-order valence-electron chi connectivity index (χ4n) is 8.38. The summed E-state index contributed by atoms with van der Waals surface area (Å²) < 4.78 is 79.5. The number of piperidine rings is 2. The lowest BCUT2D eigenvalue weighted by molar-refractivity contribution is -0.143. The van der Waals surface area contributed by atoms with E-state index in [4.69, 9.17) is 0 Å². The Morgan fingerprint density at radius 3 is 1.44 bits per heavy atom. The number of halogens is 6. The Labute approximate surface area is 359 Å². The van der Waals surface area contributed by atoms with Gasteiger partial charge in [-0.2, -0.15) is 26.3 Å². The van der Waals surface area contributed by atoms with Crippen LogP contribution in [0.5, 0.6) is 0 Å². The summed E-state index contributed by atoms with van der Waals surface area (Å²) in [6.07, 6.45) is -5.28. The molecule has 8 nitrogen and oxygen atoms in total. The summed E-state index contributed by atoms with van der Waals surface area (Å²) in [6.45, 7) is 8.18. The van der Waals surface area contributed by atoms with Crippen LogP contribution in [0.4, 0.5) is 26.3 Å². The number of aryl methyl sites for hydroxylation is 2. The number of rotatable bonds is 10. The standard InChI is InChI=1S/C25H32N2O2.C23H22F6N2O2/c1-4-8-24(28)26-22-11-12-27(23(17-22)16-20-9-6-5-7-10-20)25(29)21-14-18(2)13-19(3)15-21;1-14(32)30-19-7-8-31(20(13-19)9-15-5-3-2-4-6-15)21(33)16-10-17(22(24,25)26)12-18(11-16)23(27,28)29/h5-7,9-10,13-15,22-23H,4,8,11-12,16-17H2,1-3H3,(H,26,28);2-6,10-12,19-20H,7-9,13H2,1H3,(H,30,32)/t22-,23+;19-,20+/m00/s1. The monoisotopic (exact) mass is 864 g/mol. The Morgan fingerprint density at radius 1 is 0.613 bits per heavy atom. The molecule has 0 bridgehead atoms. The predicted octanol–water partition coefficient (Wildman–Crippen LogP) is 9.51. The van der Waals surface area contributed by atoms with E-state index in [-0.39, 0.29) is 48.5 Å². The van der Waals surface area contributed by atoms with Crippen molar-refractivity contribution in [3.05, 3.63) is 142 Å². The highest BCUT2D eigenvalue weighted by atomic mass is 19.4. The SMILES string of the molecule is CC(=O)N[C@H]1CCN(C(=O)c2cc(C(F)(F)F)cc(C(F)(F)F)c2)[C@H](Cc2ccccc2)C1.CCCC(=O)N[C@H]1CCN(C(=O)c2cc(C)cc(C)c2)[C@H](Cc2ccccc2)C1. The molecule has 62 heavy (non-hydrogen) atoms. The maximum Gasteiger partial charge on any atom is 0.416 e. The normalized spacial score (nSPS) is 19.2. The molecule has 332 valence electrons. The quantitative estimate of drug-likeness (QED) is 0.155. The van der Waals surface area contributed by atoms with Crippen LogP contribution in [0.3, 0.4) is 0 Å². The second-order valence-electron chi connectivity index (χ2n) is 16.3. The van der Waals surface area contributed by atoms with Crippen LogP contribution in [0.1, 0.15) is 106 Å². The van der Waals surface area contributed by atoms with Crippen LogP contribution in [-0.4, -0.2) is 70.7 Å². The van der Waals surface area contributed by atoms with Gasteiger partial charge in [0.15, 0.2) is 0 Å². The summed E-state index contributed by atoms with van der Waals surface area (Å²) in [4.78, 5) is 53.5. The summed E-state index contributed by atoms with van der Waals surface area (Å²) >= 11 is 0. The fourth-order valence-corrected chi connectivity index (χ4v) is 8.38. The van der Waals surface area contributed by atoms with E-state index in [0.29, 0.717) is 44.4 Å². The summed E-state index contributed by atoms with van der Waals surface area (Å²) in [6, 6.07) is 25.7. The first kappa shape index (κ1) is 47.4. The number of likely N-dealkylation sites (tertiary alicyclic amines) is 2. The molecule has 0 aromatic heterocycles. The van der Waals surface area contributed by atoms with Crippen LogP contribution in [0, 0.1) is 13.8 Å². The third kappa shape index (κ3) is 13.4. The van der Waals surface area contributed by atoms with Gasteiger partial charge < -0.3 is 20.4 Å². The Morgan fingerprint density at radius 2 is 1.03 bits per heavy atom. The highest BCUT2D eigenvalue weighted by molar-refractivity contribution is 5.95. The molecule has 4 aromatic carbocycles. The van der Waals surface area contributed by atoms with Gasteiger partial charge in [0, 0.05) is 61.7 Å². The smallest absolute Gasteiger partial charge is 0.353 e. The lowest BCUT2D eigenvalue weighted by Crippen LogP contribution is -2.52. The molecule has 4 atom stereocenters. The molecule has 2 aliphatic rings. The number of amides is 4. The second-order valence-corrected chi connectivity index (χ2v) is 16.3. The van der Waals surface area contributed by atoms with Gasteiger partial charge in [0.2, 0.25) is 11.8 Å². The van der Waals surface area contributed by atoms with Crippen molar-refractivity contribution < 1.29 is 45.5 Å². The average molecular weight is 865 g/mol. The van der Waals surface area contributed by atoms with Crippen LogP contribution < -0.4 is 10.6 Å². The number of carbonyl (C=O) groups is 4. The molecular formula is C48H54F6N4O4. The number of nitrogens with one attached hydrogen (secondary N) is 2. The minimum absolute atomic E-state index is 0.00124. The molecule has 0 spiro atoms. The van der Waals surface area contributed by atoms with Crippen molar-refractivity contribution in [2.45, 2.75) is 116 Å². The topological polar surface area (TPSA) is 98.8 Å². The van der Waals surface area contributed by atoms with E-state index >= 15 is 0 Å². The van der Waals surface area contributed by atoms with Gasteiger partial charge in [-0.1, -0.05) is 84.8 Å². The maximum atomic E-state index is 13.4. The van der Waals surface area contributed by atoms with Crippen molar-refractivity contribution in [3.8, 4) is 0 Å². The van der Waals surface area contributed by atoms with Gasteiger partial charge >= 0.3 is 12.4 Å². The summed E-state index contributed by atoms with van der Waals surface area (Å²) in [7, 11) is 0. The van der Waals surface area contributed by atoms with E-state index in [1.807, 2.05) is 68.1 Å². The highest BCUT2D eigenvalue weighted by Crippen LogP contribution is 2.37. The molecule has 2 fully saturated rings. The number of carbonyl (C=O) groups excluding carboxylic acids is 4. The van der Waals surface area contributed by atoms with Gasteiger partial charge in [0.1, 0.15) is 0 Å². The summed E-state index contributed by atoms with van der Waals surface area (Å²) in [5.74, 6) is -0.958. The van der Waals surface area contributed by atoms with Crippen molar-refractivity contribution >= 4 is 23.6 Å². The third-order valence-electron chi connectivity index (χ3n) is 11.1. The zero-order valence-electron chi connectivity index (χ0n) is 35.4. The first-order chi connectivity index (χ1) is 29.3. The molecule has 2 heterocycles. The molecule has 0 unspecified atom stereocenters. The van der Waals surface area contributed by atoms with E-state index in [9.17, 15) is 45.5 Å². The lowest BCUT2D eigenvalue weighted by atomic mass is 9.91. The highest BCUT2D eigenvalue weighted by Gasteiger charge is 2.40. The number of hydrogen-bond donors (Lipinski definition) is 2. The van der Waals surface area contributed by atoms with E-state index < -0.39 is 41.0 Å². The Bertz CT molecular complexity index is 2110. The average Bonchev–Trinajstić information content (AvgIpc) is 3.20. The number of alkyl halides is 6. The molecule has 0 saturated carbocycles. The number of benzene rings is 4. The minimum Gasteiger partial charge on any atom is -0.353 e. The van der Waals surface area contributed by atoms with Gasteiger partial charge in [0.05, 0.1) is 11.1 Å². The molecule has 2 aliphatic heterocycles. The zero-order valence-corrected chi connectivity index (χ0v) is 35.4. The van der Waals surface area contributed by atoms with Gasteiger partial charge in [-0.25, -0.2) is 0 Å². The van der Waals surface area contributed by atoms with Crippen molar-refractivity contribution in [2.24, 2.45) is 0 Å². The molecule has 4 aromatic rings. The molecule has 0 radical (unpaired) electrons. The molecule has 2 N–H and O–H groups in total. The third-order valence-corrected chi connectivity index (χ3v) is 11.1. The van der Waals surface area contributed by atoms with E-state index in [1.165, 1.54) is 17.4 Å². The minimum atomic E-state index is -5.04. The van der Waals surface area contributed by atoms with Crippen LogP contribution in [0.15, 0.2) is 97.1 Å². The Kier molecular flexibility index (Phi) is 16.0. The molecule has 6 rings (SSSR count). The first-order valence-electron chi connectivity index (χ1n) is 20.9. The van der Waals surface area contributed by atoms with Crippen LogP contribution in [-0.2, 0) is 34.8 Å². The molecule has 0 aliphatic carbocycles. The Balaban J connectivity index is 0.000000236. The summed E-state index contributed by atoms with van der Waals surface area (Å²) in [5, 5.41) is 5.96. The van der Waals surface area contributed by atoms with Crippen LogP contribution >= 0.6 is 0 Å². The number of nitrogens with zero attached hydrogens (tertiary/aromatic N) is 2. The zero-order chi connectivity index (χ0) is 45.2. The predicted molar refractivity (Wildman–Crippen MR) is 225 cm³/mol. The first-order valence-corrected chi connectivity index (χ1v) is 20.9. The Hall–Kier alpha value is -5.66. The van der Waals surface area contributed by atoms with Gasteiger partial charge in [0.25, 0.3) is 11.8 Å². The molecule has 2 saturated heterocycles. The van der Waals surface area contributed by atoms with Gasteiger partial charge in [-0.15, -0.1) is 0 Å². The fraction of sp³-hybridized carbons (Fsp3) is 0.417. The van der Waals surface area contributed by atoms with Gasteiger partial charge in [-0.3, -0.25) is 19.2 Å². The second kappa shape index (κ2) is 20.9. The lowest BCUT2D eigenvalue weighted by Gasteiger charge is -2.40.